The molecule has 25 heavy (non-hydrogen) atoms. The number of aliphatic hydroxyl groups excluding tert-OH is 1. The quantitative estimate of drug-likeness (QED) is 0.887. The van der Waals surface area contributed by atoms with Gasteiger partial charge in [0.15, 0.2) is 0 Å². The van der Waals surface area contributed by atoms with Crippen LogP contribution in [0.15, 0.2) is 12.1 Å². The second-order valence-electron chi connectivity index (χ2n) is 7.14. The molecule has 7 heteroatoms. The van der Waals surface area contributed by atoms with Crippen LogP contribution in [0.4, 0.5) is 11.8 Å². The third kappa shape index (κ3) is 3.20. The lowest BCUT2D eigenvalue weighted by atomic mass is 9.80. The van der Waals surface area contributed by atoms with Crippen LogP contribution in [-0.4, -0.2) is 38.4 Å². The summed E-state index contributed by atoms with van der Waals surface area (Å²) in [5.74, 6) is 1.97. The summed E-state index contributed by atoms with van der Waals surface area (Å²) in [5, 5.41) is 18.3. The normalized spacial score (nSPS) is 19.1. The predicted octanol–water partition coefficient (Wildman–Crippen LogP) is 2.27. The minimum absolute atomic E-state index is 0.383. The average molecular weight is 342 g/mol. The van der Waals surface area contributed by atoms with Crippen LogP contribution in [0.1, 0.15) is 48.9 Å². The molecule has 3 heterocycles. The molecule has 0 spiro atoms. The molecular formula is C18H26N6O. The zero-order valence-corrected chi connectivity index (χ0v) is 14.9. The van der Waals surface area contributed by atoms with Crippen LogP contribution in [0.5, 0.6) is 0 Å². The summed E-state index contributed by atoms with van der Waals surface area (Å²) in [4.78, 5) is 11.4. The summed E-state index contributed by atoms with van der Waals surface area (Å²) in [6.45, 7) is 4.47. The van der Waals surface area contributed by atoms with E-state index < -0.39 is 6.10 Å². The van der Waals surface area contributed by atoms with Gasteiger partial charge in [0.25, 0.3) is 0 Å². The van der Waals surface area contributed by atoms with Gasteiger partial charge in [0.2, 0.25) is 5.95 Å². The molecule has 0 amide bonds. The summed E-state index contributed by atoms with van der Waals surface area (Å²) >= 11 is 0. The van der Waals surface area contributed by atoms with Crippen molar-refractivity contribution >= 4 is 11.8 Å². The fourth-order valence-corrected chi connectivity index (χ4v) is 3.62. The Labute approximate surface area is 148 Å². The lowest BCUT2D eigenvalue weighted by molar-refractivity contribution is 0.0581. The van der Waals surface area contributed by atoms with E-state index in [1.54, 1.807) is 0 Å². The minimum atomic E-state index is -0.423. The van der Waals surface area contributed by atoms with Gasteiger partial charge in [0.05, 0.1) is 17.9 Å². The molecule has 7 nitrogen and oxygen atoms in total. The van der Waals surface area contributed by atoms with Gasteiger partial charge in [-0.3, -0.25) is 4.68 Å². The number of aromatic nitrogens is 4. The van der Waals surface area contributed by atoms with Crippen LogP contribution in [0.25, 0.3) is 0 Å². The lowest BCUT2D eigenvalue weighted by Gasteiger charge is -2.29. The summed E-state index contributed by atoms with van der Waals surface area (Å²) in [5.41, 5.74) is 2.90. The maximum atomic E-state index is 10.5. The Kier molecular flexibility index (Phi) is 4.33. The first-order valence-corrected chi connectivity index (χ1v) is 9.17. The Balaban J connectivity index is 1.58. The van der Waals surface area contributed by atoms with E-state index in [1.807, 2.05) is 24.7 Å². The van der Waals surface area contributed by atoms with Crippen molar-refractivity contribution in [3.05, 3.63) is 29.2 Å². The summed E-state index contributed by atoms with van der Waals surface area (Å²) in [7, 11) is 1.87. The van der Waals surface area contributed by atoms with Crippen molar-refractivity contribution in [1.29, 1.82) is 0 Å². The first-order chi connectivity index (χ1) is 12.1. The lowest BCUT2D eigenvalue weighted by Crippen LogP contribution is -2.25. The third-order valence-corrected chi connectivity index (χ3v) is 5.31. The highest BCUT2D eigenvalue weighted by molar-refractivity contribution is 5.43. The second-order valence-corrected chi connectivity index (χ2v) is 7.14. The largest absolute Gasteiger partial charge is 0.386 e. The zero-order chi connectivity index (χ0) is 17.4. The summed E-state index contributed by atoms with van der Waals surface area (Å²) in [6, 6.07) is 4.01. The monoisotopic (exact) mass is 342 g/mol. The first-order valence-electron chi connectivity index (χ1n) is 9.17. The molecule has 0 bridgehead atoms. The molecular weight excluding hydrogens is 316 g/mol. The SMILES string of the molecule is CNc1cc(C)nc(N2CCCn3nc(C(O)C4CCC4)cc3C2)n1. The number of fused-ring (bicyclic) bond motifs is 1. The van der Waals surface area contributed by atoms with Crippen LogP contribution < -0.4 is 10.2 Å². The fourth-order valence-electron chi connectivity index (χ4n) is 3.62. The standard InChI is InChI=1S/C18H26N6O/c1-12-9-16(19-2)21-18(20-12)23-7-4-8-24-14(11-23)10-15(22-24)17(25)13-5-3-6-13/h9-10,13,17,25H,3-8,11H2,1-2H3,(H,19,20,21). The highest BCUT2D eigenvalue weighted by Crippen LogP contribution is 2.37. The number of hydrogen-bond donors (Lipinski definition) is 2. The van der Waals surface area contributed by atoms with Crippen LogP contribution in [0.2, 0.25) is 0 Å². The topological polar surface area (TPSA) is 79.1 Å². The molecule has 1 fully saturated rings. The molecule has 1 atom stereocenters. The van der Waals surface area contributed by atoms with Gasteiger partial charge in [-0.05, 0) is 38.2 Å². The Morgan fingerprint density at radius 3 is 2.76 bits per heavy atom. The van der Waals surface area contributed by atoms with Gasteiger partial charge in [-0.1, -0.05) is 6.42 Å². The number of hydrogen-bond acceptors (Lipinski definition) is 6. The second kappa shape index (κ2) is 6.63. The smallest absolute Gasteiger partial charge is 0.227 e. The number of nitrogens with zero attached hydrogens (tertiary/aromatic N) is 5. The Morgan fingerprint density at radius 1 is 1.20 bits per heavy atom. The molecule has 0 saturated heterocycles. The fraction of sp³-hybridized carbons (Fsp3) is 0.611. The van der Waals surface area contributed by atoms with Crippen molar-refractivity contribution < 1.29 is 5.11 Å². The van der Waals surface area contributed by atoms with Crippen molar-refractivity contribution in [2.75, 3.05) is 23.8 Å². The van der Waals surface area contributed by atoms with E-state index in [-0.39, 0.29) is 0 Å². The van der Waals surface area contributed by atoms with Gasteiger partial charge < -0.3 is 15.3 Å². The summed E-state index contributed by atoms with van der Waals surface area (Å²) < 4.78 is 2.05. The predicted molar refractivity (Wildman–Crippen MR) is 96.5 cm³/mol. The molecule has 0 aromatic carbocycles. The zero-order valence-electron chi connectivity index (χ0n) is 14.9. The first kappa shape index (κ1) is 16.3. The molecule has 2 aromatic rings. The van der Waals surface area contributed by atoms with Gasteiger partial charge in [0, 0.05) is 31.9 Å². The van der Waals surface area contributed by atoms with Crippen molar-refractivity contribution in [2.45, 2.75) is 51.8 Å². The van der Waals surface area contributed by atoms with Crippen LogP contribution in [-0.2, 0) is 13.1 Å². The van der Waals surface area contributed by atoms with Crippen molar-refractivity contribution in [3.63, 3.8) is 0 Å². The van der Waals surface area contributed by atoms with E-state index in [1.165, 1.54) is 6.42 Å². The molecule has 1 unspecified atom stereocenters. The molecule has 2 N–H and O–H groups in total. The van der Waals surface area contributed by atoms with Crippen molar-refractivity contribution in [3.8, 4) is 0 Å². The number of rotatable bonds is 4. The molecule has 1 aliphatic carbocycles. The van der Waals surface area contributed by atoms with Gasteiger partial charge in [-0.25, -0.2) is 4.98 Å². The Bertz CT molecular complexity index is 754. The highest BCUT2D eigenvalue weighted by Gasteiger charge is 2.30. The van der Waals surface area contributed by atoms with E-state index in [0.717, 1.165) is 67.7 Å². The molecule has 1 aliphatic heterocycles. The maximum Gasteiger partial charge on any atom is 0.227 e. The number of aliphatic hydroxyl groups is 1. The van der Waals surface area contributed by atoms with E-state index >= 15 is 0 Å². The van der Waals surface area contributed by atoms with E-state index in [2.05, 4.69) is 31.3 Å². The van der Waals surface area contributed by atoms with Gasteiger partial charge >= 0.3 is 0 Å². The van der Waals surface area contributed by atoms with E-state index in [9.17, 15) is 5.11 Å². The van der Waals surface area contributed by atoms with Gasteiger partial charge in [-0.15, -0.1) is 0 Å². The van der Waals surface area contributed by atoms with Crippen LogP contribution in [0.3, 0.4) is 0 Å². The van der Waals surface area contributed by atoms with Gasteiger partial charge in [0.1, 0.15) is 11.9 Å². The molecule has 4 rings (SSSR count). The van der Waals surface area contributed by atoms with E-state index in [0.29, 0.717) is 5.92 Å². The van der Waals surface area contributed by atoms with Gasteiger partial charge in [-0.2, -0.15) is 10.1 Å². The van der Waals surface area contributed by atoms with Crippen LogP contribution >= 0.6 is 0 Å². The molecule has 0 radical (unpaired) electrons. The maximum absolute atomic E-state index is 10.5. The Hall–Kier alpha value is -2.15. The third-order valence-electron chi connectivity index (χ3n) is 5.31. The summed E-state index contributed by atoms with van der Waals surface area (Å²) in [6.07, 6.45) is 4.01. The minimum Gasteiger partial charge on any atom is -0.386 e. The van der Waals surface area contributed by atoms with Crippen molar-refractivity contribution in [2.24, 2.45) is 5.92 Å². The average Bonchev–Trinajstić information content (AvgIpc) is 2.84. The molecule has 2 aromatic heterocycles. The molecule has 134 valence electrons. The number of aryl methyl sites for hydroxylation is 2. The molecule has 2 aliphatic rings. The number of anilines is 2. The van der Waals surface area contributed by atoms with Crippen molar-refractivity contribution in [1.82, 2.24) is 19.7 Å². The number of nitrogens with one attached hydrogen (secondary N) is 1. The van der Waals surface area contributed by atoms with E-state index in [4.69, 9.17) is 0 Å². The highest BCUT2D eigenvalue weighted by atomic mass is 16.3. The molecule has 1 saturated carbocycles. The van der Waals surface area contributed by atoms with Crippen LogP contribution in [0, 0.1) is 12.8 Å². The Morgan fingerprint density at radius 2 is 2.04 bits per heavy atom.